The van der Waals surface area contributed by atoms with Gasteiger partial charge >= 0.3 is 6.09 Å². The van der Waals surface area contributed by atoms with Crippen LogP contribution in [0.2, 0.25) is 0 Å². The maximum absolute atomic E-state index is 11.3. The molecule has 0 aliphatic heterocycles. The third-order valence-corrected chi connectivity index (χ3v) is 3.94. The molecule has 0 bridgehead atoms. The molecule has 1 fully saturated rings. The first-order valence-corrected chi connectivity index (χ1v) is 7.64. The van der Waals surface area contributed by atoms with Crippen molar-refractivity contribution in [2.75, 3.05) is 7.11 Å². The summed E-state index contributed by atoms with van der Waals surface area (Å²) in [5.74, 6) is 0. The summed E-state index contributed by atoms with van der Waals surface area (Å²) in [6.07, 6.45) is 2.06. The number of hydrogen-bond donors (Lipinski definition) is 2. The largest absolute Gasteiger partial charge is 0.453 e. The Labute approximate surface area is 130 Å². The Balaban J connectivity index is 1.90. The molecule has 1 aliphatic carbocycles. The van der Waals surface area contributed by atoms with E-state index in [1.807, 2.05) is 24.3 Å². The van der Waals surface area contributed by atoms with Crippen molar-refractivity contribution in [1.82, 2.24) is 15.6 Å². The number of benzene rings is 1. The number of rotatable bonds is 5. The van der Waals surface area contributed by atoms with Crippen LogP contribution in [0.15, 0.2) is 30.3 Å². The summed E-state index contributed by atoms with van der Waals surface area (Å²) >= 11 is 0. The number of carbonyl (C=O) groups excluding carboxylic acids is 1. The predicted molar refractivity (Wildman–Crippen MR) is 85.6 cm³/mol. The van der Waals surface area contributed by atoms with Gasteiger partial charge in [0, 0.05) is 24.0 Å². The van der Waals surface area contributed by atoms with Crippen molar-refractivity contribution >= 4 is 17.0 Å². The first-order chi connectivity index (χ1) is 10.7. The molecule has 1 aliphatic rings. The van der Waals surface area contributed by atoms with Crippen molar-refractivity contribution in [3.05, 3.63) is 41.6 Å². The van der Waals surface area contributed by atoms with E-state index in [9.17, 15) is 4.79 Å². The van der Waals surface area contributed by atoms with E-state index in [2.05, 4.69) is 28.4 Å². The van der Waals surface area contributed by atoms with E-state index in [-0.39, 0.29) is 6.04 Å². The lowest BCUT2D eigenvalue weighted by molar-refractivity contribution is 0.170. The Bertz CT molecular complexity index is 683. The van der Waals surface area contributed by atoms with Gasteiger partial charge in [-0.2, -0.15) is 0 Å². The van der Waals surface area contributed by atoms with Gasteiger partial charge in [0.15, 0.2) is 0 Å². The molecule has 1 heterocycles. The quantitative estimate of drug-likeness (QED) is 0.891. The Morgan fingerprint density at radius 3 is 2.91 bits per heavy atom. The number of fused-ring (bicyclic) bond motifs is 1. The van der Waals surface area contributed by atoms with Crippen molar-refractivity contribution in [2.45, 2.75) is 38.4 Å². The normalized spacial score (nSPS) is 15.5. The molecule has 5 heteroatoms. The topological polar surface area (TPSA) is 63.2 Å². The number of nitrogens with one attached hydrogen (secondary N) is 2. The van der Waals surface area contributed by atoms with Gasteiger partial charge in [-0.05, 0) is 37.5 Å². The Morgan fingerprint density at radius 2 is 2.18 bits per heavy atom. The van der Waals surface area contributed by atoms with E-state index in [1.54, 1.807) is 0 Å². The number of para-hydroxylation sites is 1. The molecular formula is C17H21N3O2. The van der Waals surface area contributed by atoms with Crippen LogP contribution >= 0.6 is 0 Å². The van der Waals surface area contributed by atoms with Gasteiger partial charge in [0.2, 0.25) is 0 Å². The minimum absolute atomic E-state index is 0.203. The lowest BCUT2D eigenvalue weighted by Crippen LogP contribution is -2.24. The number of amides is 1. The molecule has 0 saturated heterocycles. The number of ether oxygens (including phenoxy) is 1. The molecule has 5 nitrogen and oxygen atoms in total. The highest BCUT2D eigenvalue weighted by Gasteiger charge is 2.24. The highest BCUT2D eigenvalue weighted by molar-refractivity contribution is 5.82. The van der Waals surface area contributed by atoms with Crippen molar-refractivity contribution in [3.63, 3.8) is 0 Å². The average Bonchev–Trinajstić information content (AvgIpc) is 3.35. The van der Waals surface area contributed by atoms with Crippen LogP contribution < -0.4 is 10.6 Å². The third-order valence-electron chi connectivity index (χ3n) is 3.94. The fourth-order valence-electron chi connectivity index (χ4n) is 2.57. The minimum Gasteiger partial charge on any atom is -0.453 e. The van der Waals surface area contributed by atoms with Gasteiger partial charge < -0.3 is 15.4 Å². The second kappa shape index (κ2) is 6.32. The number of hydrogen-bond acceptors (Lipinski definition) is 4. The number of methoxy groups -OCH3 is 1. The third kappa shape index (κ3) is 3.36. The summed E-state index contributed by atoms with van der Waals surface area (Å²) in [6.45, 7) is 2.56. The van der Waals surface area contributed by atoms with Crippen LogP contribution in [0.1, 0.15) is 37.1 Å². The lowest BCUT2D eigenvalue weighted by Gasteiger charge is -2.16. The van der Waals surface area contributed by atoms with Crippen molar-refractivity contribution < 1.29 is 9.53 Å². The summed E-state index contributed by atoms with van der Waals surface area (Å²) in [5, 5.41) is 7.37. The van der Waals surface area contributed by atoms with Gasteiger partial charge in [0.25, 0.3) is 0 Å². The van der Waals surface area contributed by atoms with E-state index in [0.29, 0.717) is 12.6 Å². The average molecular weight is 299 g/mol. The zero-order chi connectivity index (χ0) is 15.5. The number of nitrogens with zero attached hydrogens (tertiary/aromatic N) is 1. The molecule has 1 aromatic heterocycles. The number of alkyl carbamates (subject to hydrolysis) is 1. The van der Waals surface area contributed by atoms with Crippen LogP contribution in [0, 0.1) is 0 Å². The van der Waals surface area contributed by atoms with Crippen LogP contribution in [-0.2, 0) is 11.3 Å². The molecule has 2 N–H and O–H groups in total. The monoisotopic (exact) mass is 299 g/mol. The van der Waals surface area contributed by atoms with Crippen molar-refractivity contribution in [1.29, 1.82) is 0 Å². The lowest BCUT2D eigenvalue weighted by atomic mass is 10.1. The summed E-state index contributed by atoms with van der Waals surface area (Å²) < 4.78 is 4.64. The number of pyridine rings is 1. The van der Waals surface area contributed by atoms with Gasteiger partial charge in [-0.3, -0.25) is 4.98 Å². The molecule has 2 aromatic rings. The maximum atomic E-state index is 11.3. The van der Waals surface area contributed by atoms with Gasteiger partial charge in [-0.25, -0.2) is 4.79 Å². The summed E-state index contributed by atoms with van der Waals surface area (Å²) in [6, 6.07) is 10.9. The molecule has 1 atom stereocenters. The van der Waals surface area contributed by atoms with Gasteiger partial charge in [-0.15, -0.1) is 0 Å². The highest BCUT2D eigenvalue weighted by Crippen LogP contribution is 2.26. The molecular weight excluding hydrogens is 278 g/mol. The molecule has 22 heavy (non-hydrogen) atoms. The van der Waals surface area contributed by atoms with E-state index in [0.717, 1.165) is 22.2 Å². The highest BCUT2D eigenvalue weighted by atomic mass is 16.5. The first-order valence-electron chi connectivity index (χ1n) is 7.64. The van der Waals surface area contributed by atoms with Crippen molar-refractivity contribution in [2.24, 2.45) is 0 Å². The SMILES string of the molecule is COC(=O)NCc1cc(C(C)NC2CC2)nc2ccccc12. The van der Waals surface area contributed by atoms with E-state index in [1.165, 1.54) is 20.0 Å². The van der Waals surface area contributed by atoms with Crippen LogP contribution in [-0.4, -0.2) is 24.2 Å². The standard InChI is InChI=1S/C17H21N3O2/c1-11(19-13-7-8-13)16-9-12(10-18-17(21)22-2)14-5-3-4-6-15(14)20-16/h3-6,9,11,13,19H,7-8,10H2,1-2H3,(H,18,21). The molecule has 1 aromatic carbocycles. The Kier molecular flexibility index (Phi) is 4.24. The fourth-order valence-corrected chi connectivity index (χ4v) is 2.57. The van der Waals surface area contributed by atoms with E-state index >= 15 is 0 Å². The number of carbonyl (C=O) groups is 1. The van der Waals surface area contributed by atoms with Crippen LogP contribution in [0.4, 0.5) is 4.79 Å². The second-order valence-corrected chi connectivity index (χ2v) is 5.73. The molecule has 116 valence electrons. The summed E-state index contributed by atoms with van der Waals surface area (Å²) in [7, 11) is 1.37. The molecule has 1 saturated carbocycles. The van der Waals surface area contributed by atoms with Gasteiger partial charge in [0.1, 0.15) is 0 Å². The Hall–Kier alpha value is -2.14. The maximum Gasteiger partial charge on any atom is 0.407 e. The molecule has 0 spiro atoms. The van der Waals surface area contributed by atoms with Gasteiger partial charge in [-0.1, -0.05) is 18.2 Å². The first kappa shape index (κ1) is 14.8. The summed E-state index contributed by atoms with van der Waals surface area (Å²) in [4.78, 5) is 16.1. The van der Waals surface area contributed by atoms with Crippen LogP contribution in [0.25, 0.3) is 10.9 Å². The number of aromatic nitrogens is 1. The summed E-state index contributed by atoms with van der Waals surface area (Å²) in [5.41, 5.74) is 3.01. The molecule has 3 rings (SSSR count). The van der Waals surface area contributed by atoms with Gasteiger partial charge in [0.05, 0.1) is 18.3 Å². The second-order valence-electron chi connectivity index (χ2n) is 5.73. The smallest absolute Gasteiger partial charge is 0.407 e. The zero-order valence-corrected chi connectivity index (χ0v) is 12.9. The van der Waals surface area contributed by atoms with Crippen LogP contribution in [0.5, 0.6) is 0 Å². The minimum atomic E-state index is -0.424. The van der Waals surface area contributed by atoms with E-state index < -0.39 is 6.09 Å². The molecule has 1 unspecified atom stereocenters. The Morgan fingerprint density at radius 1 is 1.41 bits per heavy atom. The van der Waals surface area contributed by atoms with Crippen molar-refractivity contribution in [3.8, 4) is 0 Å². The zero-order valence-electron chi connectivity index (χ0n) is 12.9. The predicted octanol–water partition coefficient (Wildman–Crippen LogP) is 2.90. The fraction of sp³-hybridized carbons (Fsp3) is 0.412. The molecule has 0 radical (unpaired) electrons. The van der Waals surface area contributed by atoms with E-state index in [4.69, 9.17) is 4.98 Å². The molecule has 1 amide bonds. The van der Waals surface area contributed by atoms with Crippen LogP contribution in [0.3, 0.4) is 0 Å².